The molecule has 0 radical (unpaired) electrons. The van der Waals surface area contributed by atoms with Gasteiger partial charge in [-0.25, -0.2) is 9.50 Å². The Bertz CT molecular complexity index is 534. The van der Waals surface area contributed by atoms with Crippen molar-refractivity contribution in [1.29, 1.82) is 0 Å². The van der Waals surface area contributed by atoms with E-state index in [0.29, 0.717) is 13.0 Å². The Morgan fingerprint density at radius 2 is 2.28 bits per heavy atom. The van der Waals surface area contributed by atoms with Gasteiger partial charge in [-0.1, -0.05) is 0 Å². The monoisotopic (exact) mass is 247 g/mol. The number of amides is 1. The van der Waals surface area contributed by atoms with E-state index in [4.69, 9.17) is 0 Å². The van der Waals surface area contributed by atoms with Gasteiger partial charge in [0.25, 0.3) is 0 Å². The minimum atomic E-state index is 0.0444. The molecule has 0 bridgehead atoms. The van der Waals surface area contributed by atoms with Crippen LogP contribution in [0.15, 0.2) is 24.5 Å². The molecule has 1 amide bonds. The summed E-state index contributed by atoms with van der Waals surface area (Å²) in [5, 5.41) is 10.0. The lowest BCUT2D eigenvalue weighted by molar-refractivity contribution is -0.121. The zero-order chi connectivity index (χ0) is 13.0. The van der Waals surface area contributed by atoms with Gasteiger partial charge in [-0.3, -0.25) is 4.79 Å². The number of aromatic nitrogens is 3. The number of anilines is 1. The van der Waals surface area contributed by atoms with E-state index < -0.39 is 0 Å². The zero-order valence-electron chi connectivity index (χ0n) is 10.6. The summed E-state index contributed by atoms with van der Waals surface area (Å²) < 4.78 is 1.69. The third-order valence-electron chi connectivity index (χ3n) is 2.37. The second-order valence-electron chi connectivity index (χ2n) is 4.35. The Morgan fingerprint density at radius 3 is 3.06 bits per heavy atom. The lowest BCUT2D eigenvalue weighted by Gasteiger charge is -2.09. The van der Waals surface area contributed by atoms with E-state index >= 15 is 0 Å². The summed E-state index contributed by atoms with van der Waals surface area (Å²) in [5.74, 6) is 0.795. The van der Waals surface area contributed by atoms with Crippen molar-refractivity contribution in [1.82, 2.24) is 19.9 Å². The SMILES string of the molecule is CC(C)NC(=O)CCNc1ccn2nccc2n1. The van der Waals surface area contributed by atoms with Gasteiger partial charge in [-0.2, -0.15) is 5.10 Å². The van der Waals surface area contributed by atoms with Gasteiger partial charge in [0.15, 0.2) is 5.65 Å². The summed E-state index contributed by atoms with van der Waals surface area (Å²) >= 11 is 0. The fourth-order valence-electron chi connectivity index (χ4n) is 1.61. The van der Waals surface area contributed by atoms with Gasteiger partial charge >= 0.3 is 0 Å². The van der Waals surface area contributed by atoms with E-state index in [9.17, 15) is 4.79 Å². The number of nitrogens with zero attached hydrogens (tertiary/aromatic N) is 3. The third-order valence-corrected chi connectivity index (χ3v) is 2.37. The number of fused-ring (bicyclic) bond motifs is 1. The number of hydrogen-bond acceptors (Lipinski definition) is 4. The lowest BCUT2D eigenvalue weighted by atomic mass is 10.3. The summed E-state index contributed by atoms with van der Waals surface area (Å²) in [6, 6.07) is 3.84. The molecular weight excluding hydrogens is 230 g/mol. The van der Waals surface area contributed by atoms with E-state index in [1.807, 2.05) is 32.2 Å². The molecule has 0 aromatic carbocycles. The molecule has 0 spiro atoms. The van der Waals surface area contributed by atoms with Crippen LogP contribution in [0.4, 0.5) is 5.82 Å². The maximum Gasteiger partial charge on any atom is 0.221 e. The van der Waals surface area contributed by atoms with Gasteiger partial charge in [-0.05, 0) is 19.9 Å². The predicted molar refractivity (Wildman–Crippen MR) is 69.4 cm³/mol. The Morgan fingerprint density at radius 1 is 1.44 bits per heavy atom. The van der Waals surface area contributed by atoms with Gasteiger partial charge in [0, 0.05) is 31.3 Å². The quantitative estimate of drug-likeness (QED) is 0.828. The normalized spacial score (nSPS) is 10.8. The van der Waals surface area contributed by atoms with Crippen molar-refractivity contribution >= 4 is 17.4 Å². The van der Waals surface area contributed by atoms with Crippen molar-refractivity contribution in [2.75, 3.05) is 11.9 Å². The van der Waals surface area contributed by atoms with E-state index in [-0.39, 0.29) is 11.9 Å². The van der Waals surface area contributed by atoms with Crippen molar-refractivity contribution in [3.8, 4) is 0 Å². The van der Waals surface area contributed by atoms with Crippen molar-refractivity contribution in [3.63, 3.8) is 0 Å². The van der Waals surface area contributed by atoms with Crippen LogP contribution in [0, 0.1) is 0 Å². The molecule has 2 rings (SSSR count). The van der Waals surface area contributed by atoms with Gasteiger partial charge in [-0.15, -0.1) is 0 Å². The van der Waals surface area contributed by atoms with Crippen LogP contribution in [0.25, 0.3) is 5.65 Å². The van der Waals surface area contributed by atoms with Gasteiger partial charge in [0.2, 0.25) is 5.91 Å². The van der Waals surface area contributed by atoms with Crippen LogP contribution in [-0.4, -0.2) is 33.1 Å². The molecular formula is C12H17N5O. The summed E-state index contributed by atoms with van der Waals surface area (Å²) in [6.45, 7) is 4.46. The second-order valence-corrected chi connectivity index (χ2v) is 4.35. The molecule has 2 aromatic heterocycles. The minimum absolute atomic E-state index is 0.0444. The molecule has 18 heavy (non-hydrogen) atoms. The first kappa shape index (κ1) is 12.3. The Kier molecular flexibility index (Phi) is 3.76. The van der Waals surface area contributed by atoms with Gasteiger partial charge < -0.3 is 10.6 Å². The highest BCUT2D eigenvalue weighted by molar-refractivity contribution is 5.76. The van der Waals surface area contributed by atoms with Crippen LogP contribution in [-0.2, 0) is 4.79 Å². The summed E-state index contributed by atoms with van der Waals surface area (Å²) in [5.41, 5.74) is 0.784. The predicted octanol–water partition coefficient (Wildman–Crippen LogP) is 1.06. The van der Waals surface area contributed by atoms with Crippen LogP contribution >= 0.6 is 0 Å². The van der Waals surface area contributed by atoms with E-state index in [0.717, 1.165) is 11.5 Å². The molecule has 2 N–H and O–H groups in total. The van der Waals surface area contributed by atoms with Crippen LogP contribution < -0.4 is 10.6 Å². The molecule has 2 heterocycles. The fraction of sp³-hybridized carbons (Fsp3) is 0.417. The molecule has 0 aliphatic heterocycles. The molecule has 0 saturated carbocycles. The first-order valence-electron chi connectivity index (χ1n) is 5.99. The third kappa shape index (κ3) is 3.19. The van der Waals surface area contributed by atoms with Gasteiger partial charge in [0.05, 0.1) is 6.20 Å². The smallest absolute Gasteiger partial charge is 0.221 e. The highest BCUT2D eigenvalue weighted by Crippen LogP contribution is 2.05. The molecule has 0 atom stereocenters. The summed E-state index contributed by atoms with van der Waals surface area (Å²) in [7, 11) is 0. The molecule has 0 aliphatic carbocycles. The molecule has 0 fully saturated rings. The zero-order valence-corrected chi connectivity index (χ0v) is 10.6. The topological polar surface area (TPSA) is 71.3 Å². The lowest BCUT2D eigenvalue weighted by Crippen LogP contribution is -2.31. The summed E-state index contributed by atoms with van der Waals surface area (Å²) in [4.78, 5) is 15.8. The molecule has 96 valence electrons. The molecule has 0 unspecified atom stereocenters. The molecule has 6 heteroatoms. The van der Waals surface area contributed by atoms with Gasteiger partial charge in [0.1, 0.15) is 5.82 Å². The summed E-state index contributed by atoms with van der Waals surface area (Å²) in [6.07, 6.45) is 3.96. The van der Waals surface area contributed by atoms with Crippen molar-refractivity contribution in [2.24, 2.45) is 0 Å². The van der Waals surface area contributed by atoms with Crippen LogP contribution in [0.3, 0.4) is 0 Å². The maximum absolute atomic E-state index is 11.4. The van der Waals surface area contributed by atoms with E-state index in [1.165, 1.54) is 0 Å². The maximum atomic E-state index is 11.4. The largest absolute Gasteiger partial charge is 0.369 e. The fourth-order valence-corrected chi connectivity index (χ4v) is 1.61. The average Bonchev–Trinajstić information content (AvgIpc) is 2.75. The highest BCUT2D eigenvalue weighted by atomic mass is 16.1. The van der Waals surface area contributed by atoms with Crippen molar-refractivity contribution < 1.29 is 4.79 Å². The first-order chi connectivity index (χ1) is 8.65. The Hall–Kier alpha value is -2.11. The Balaban J connectivity index is 1.84. The van der Waals surface area contributed by atoms with Crippen LogP contribution in [0.2, 0.25) is 0 Å². The molecule has 0 aliphatic rings. The number of nitrogens with one attached hydrogen (secondary N) is 2. The van der Waals surface area contributed by atoms with Crippen molar-refractivity contribution in [2.45, 2.75) is 26.3 Å². The molecule has 2 aromatic rings. The molecule has 0 saturated heterocycles. The van der Waals surface area contributed by atoms with Crippen LogP contribution in [0.5, 0.6) is 0 Å². The number of carbonyl (C=O) groups excluding carboxylic acids is 1. The van der Waals surface area contributed by atoms with E-state index in [2.05, 4.69) is 20.7 Å². The first-order valence-corrected chi connectivity index (χ1v) is 5.99. The number of hydrogen-bond donors (Lipinski definition) is 2. The minimum Gasteiger partial charge on any atom is -0.369 e. The van der Waals surface area contributed by atoms with Crippen LogP contribution in [0.1, 0.15) is 20.3 Å². The standard InChI is InChI=1S/C12H17N5O/c1-9(2)15-12(18)4-6-13-10-5-8-17-11(16-10)3-7-14-17/h3,5,7-9H,4,6H2,1-2H3,(H,13,16)(H,15,18). The number of rotatable bonds is 5. The second kappa shape index (κ2) is 5.48. The Labute approximate surface area is 105 Å². The van der Waals surface area contributed by atoms with Crippen molar-refractivity contribution in [3.05, 3.63) is 24.5 Å². The highest BCUT2D eigenvalue weighted by Gasteiger charge is 2.03. The van der Waals surface area contributed by atoms with E-state index in [1.54, 1.807) is 10.7 Å². The number of carbonyl (C=O) groups is 1. The average molecular weight is 247 g/mol. The molecule has 6 nitrogen and oxygen atoms in total.